The van der Waals surface area contributed by atoms with Gasteiger partial charge in [0, 0.05) is 24.8 Å². The number of pyridine rings is 1. The lowest BCUT2D eigenvalue weighted by Gasteiger charge is -2.29. The number of aliphatic hydroxyl groups excluding tert-OH is 1. The molecule has 2 heterocycles. The van der Waals surface area contributed by atoms with Gasteiger partial charge in [0.15, 0.2) is 0 Å². The lowest BCUT2D eigenvalue weighted by Crippen LogP contribution is -2.42. The third-order valence-electron chi connectivity index (χ3n) is 4.02. The van der Waals surface area contributed by atoms with E-state index in [4.69, 9.17) is 0 Å². The summed E-state index contributed by atoms with van der Waals surface area (Å²) in [5, 5.41) is 12.3. The monoisotopic (exact) mass is 361 g/mol. The van der Waals surface area contributed by atoms with E-state index in [2.05, 4.69) is 10.3 Å². The lowest BCUT2D eigenvalue weighted by atomic mass is 10.1. The van der Waals surface area contributed by atoms with E-state index in [0.717, 1.165) is 0 Å². The molecule has 1 aliphatic rings. The topological polar surface area (TPSA) is 99.6 Å². The summed E-state index contributed by atoms with van der Waals surface area (Å²) in [5.74, 6) is 0.0579. The molecule has 8 heteroatoms. The van der Waals surface area contributed by atoms with Crippen LogP contribution < -0.4 is 5.32 Å². The van der Waals surface area contributed by atoms with Gasteiger partial charge in [-0.25, -0.2) is 13.4 Å². The minimum atomic E-state index is -3.67. The van der Waals surface area contributed by atoms with Crippen molar-refractivity contribution in [2.75, 3.05) is 18.4 Å². The molecule has 0 bridgehead atoms. The largest absolute Gasteiger partial charge is 0.392 e. The minimum absolute atomic E-state index is 0.101. The number of carbonyl (C=O) groups is 1. The van der Waals surface area contributed by atoms with Crippen LogP contribution in [0, 0.1) is 0 Å². The highest BCUT2D eigenvalue weighted by Crippen LogP contribution is 2.21. The zero-order valence-electron chi connectivity index (χ0n) is 13.5. The number of piperidine rings is 1. The number of rotatable bonds is 4. The molecular weight excluding hydrogens is 342 g/mol. The number of nitrogens with zero attached hydrogens (tertiary/aromatic N) is 2. The Morgan fingerprint density at radius 1 is 1.20 bits per heavy atom. The van der Waals surface area contributed by atoms with Crippen LogP contribution in [0.4, 0.5) is 5.82 Å². The Bertz CT molecular complexity index is 838. The molecule has 1 amide bonds. The first-order valence-electron chi connectivity index (χ1n) is 7.97. The number of hydrogen-bond donors (Lipinski definition) is 2. The van der Waals surface area contributed by atoms with Gasteiger partial charge in [-0.3, -0.25) is 4.79 Å². The summed E-state index contributed by atoms with van der Waals surface area (Å²) in [6.45, 7) is 0.492. The van der Waals surface area contributed by atoms with E-state index in [-0.39, 0.29) is 17.3 Å². The standard InChI is InChI=1S/C17H19N3O4S/c21-14-4-3-11-20(12-14)25(23,24)15-8-6-13(7-9-15)17(22)19-16-5-1-2-10-18-16/h1-2,5-10,14,21H,3-4,11-12H2,(H,18,19,22). The fourth-order valence-electron chi connectivity index (χ4n) is 2.69. The summed E-state index contributed by atoms with van der Waals surface area (Å²) in [4.78, 5) is 16.3. The van der Waals surface area contributed by atoms with E-state index in [1.54, 1.807) is 24.4 Å². The molecule has 0 aliphatic carbocycles. The van der Waals surface area contributed by atoms with Gasteiger partial charge < -0.3 is 10.4 Å². The van der Waals surface area contributed by atoms with Crippen LogP contribution in [0.15, 0.2) is 53.6 Å². The van der Waals surface area contributed by atoms with E-state index >= 15 is 0 Å². The Balaban J connectivity index is 1.74. The Hall–Kier alpha value is -2.29. The number of hydrogen-bond acceptors (Lipinski definition) is 5. The number of aliphatic hydroxyl groups is 1. The van der Waals surface area contributed by atoms with Crippen LogP contribution >= 0.6 is 0 Å². The van der Waals surface area contributed by atoms with E-state index < -0.39 is 16.1 Å². The van der Waals surface area contributed by atoms with Gasteiger partial charge in [0.1, 0.15) is 5.82 Å². The van der Waals surface area contributed by atoms with Gasteiger partial charge in [-0.2, -0.15) is 4.31 Å². The highest BCUT2D eigenvalue weighted by atomic mass is 32.2. The van der Waals surface area contributed by atoms with Crippen molar-refractivity contribution in [3.8, 4) is 0 Å². The summed E-state index contributed by atoms with van der Waals surface area (Å²) in [6.07, 6.45) is 2.18. The number of amides is 1. The van der Waals surface area contributed by atoms with Crippen LogP contribution in [-0.2, 0) is 10.0 Å². The Kier molecular flexibility index (Phi) is 5.12. The second kappa shape index (κ2) is 7.30. The van der Waals surface area contributed by atoms with Crippen LogP contribution in [-0.4, -0.2) is 47.9 Å². The molecule has 1 fully saturated rings. The first kappa shape index (κ1) is 17.5. The van der Waals surface area contributed by atoms with Crippen molar-refractivity contribution >= 4 is 21.7 Å². The highest BCUT2D eigenvalue weighted by Gasteiger charge is 2.29. The maximum atomic E-state index is 12.6. The van der Waals surface area contributed by atoms with Gasteiger partial charge in [-0.15, -0.1) is 0 Å². The van der Waals surface area contributed by atoms with Gasteiger partial charge in [0.2, 0.25) is 10.0 Å². The molecule has 0 radical (unpaired) electrons. The Morgan fingerprint density at radius 3 is 2.60 bits per heavy atom. The fourth-order valence-corrected chi connectivity index (χ4v) is 4.21. The predicted octanol–water partition coefficient (Wildman–Crippen LogP) is 1.48. The number of benzene rings is 1. The Labute approximate surface area is 146 Å². The van der Waals surface area contributed by atoms with Gasteiger partial charge >= 0.3 is 0 Å². The molecular formula is C17H19N3O4S. The number of nitrogens with one attached hydrogen (secondary N) is 1. The number of carbonyl (C=O) groups excluding carboxylic acids is 1. The second-order valence-electron chi connectivity index (χ2n) is 5.85. The zero-order valence-corrected chi connectivity index (χ0v) is 14.3. The quantitative estimate of drug-likeness (QED) is 0.859. The average molecular weight is 361 g/mol. The van der Waals surface area contributed by atoms with Crippen LogP contribution in [0.1, 0.15) is 23.2 Å². The zero-order chi connectivity index (χ0) is 17.9. The maximum Gasteiger partial charge on any atom is 0.256 e. The molecule has 0 saturated carbocycles. The minimum Gasteiger partial charge on any atom is -0.392 e. The molecule has 132 valence electrons. The molecule has 1 saturated heterocycles. The van der Waals surface area contributed by atoms with Gasteiger partial charge in [-0.1, -0.05) is 6.07 Å². The SMILES string of the molecule is O=C(Nc1ccccn1)c1ccc(S(=O)(=O)N2CCCC(O)C2)cc1. The number of sulfonamides is 1. The smallest absolute Gasteiger partial charge is 0.256 e. The van der Waals surface area contributed by atoms with Crippen LogP contribution in [0.25, 0.3) is 0 Å². The molecule has 1 atom stereocenters. The first-order chi connectivity index (χ1) is 12.0. The average Bonchev–Trinajstić information content (AvgIpc) is 2.62. The summed E-state index contributed by atoms with van der Waals surface area (Å²) in [5.41, 5.74) is 0.336. The van der Waals surface area contributed by atoms with Gasteiger partial charge in [0.25, 0.3) is 5.91 Å². The van der Waals surface area contributed by atoms with Gasteiger partial charge in [0.05, 0.1) is 11.0 Å². The molecule has 3 rings (SSSR count). The van der Waals surface area contributed by atoms with Crippen LogP contribution in [0.3, 0.4) is 0 Å². The first-order valence-corrected chi connectivity index (χ1v) is 9.41. The molecule has 1 aliphatic heterocycles. The number of β-amino-alcohol motifs (C(OH)–C–C–N with tert-alkyl or cyclic N) is 1. The molecule has 2 aromatic rings. The van der Waals surface area contributed by atoms with Gasteiger partial charge in [-0.05, 0) is 49.2 Å². The van der Waals surface area contributed by atoms with Crippen molar-refractivity contribution in [1.82, 2.24) is 9.29 Å². The third-order valence-corrected chi connectivity index (χ3v) is 5.90. The lowest BCUT2D eigenvalue weighted by molar-refractivity contribution is 0.102. The maximum absolute atomic E-state index is 12.6. The summed E-state index contributed by atoms with van der Waals surface area (Å²) < 4.78 is 26.5. The Morgan fingerprint density at radius 2 is 1.96 bits per heavy atom. The molecule has 1 aromatic heterocycles. The molecule has 7 nitrogen and oxygen atoms in total. The molecule has 1 unspecified atom stereocenters. The van der Waals surface area contributed by atoms with E-state index in [1.165, 1.54) is 28.6 Å². The van der Waals surface area contributed by atoms with Crippen molar-refractivity contribution in [3.63, 3.8) is 0 Å². The van der Waals surface area contributed by atoms with Crippen molar-refractivity contribution < 1.29 is 18.3 Å². The van der Waals surface area contributed by atoms with Crippen LogP contribution in [0.5, 0.6) is 0 Å². The van der Waals surface area contributed by atoms with Crippen molar-refractivity contribution in [2.45, 2.75) is 23.8 Å². The molecule has 2 N–H and O–H groups in total. The summed E-state index contributed by atoms with van der Waals surface area (Å²) >= 11 is 0. The molecule has 25 heavy (non-hydrogen) atoms. The van der Waals surface area contributed by atoms with E-state index in [0.29, 0.717) is 30.8 Å². The summed E-state index contributed by atoms with van der Waals surface area (Å²) in [6, 6.07) is 10.9. The van der Waals surface area contributed by atoms with E-state index in [1.807, 2.05) is 0 Å². The highest BCUT2D eigenvalue weighted by molar-refractivity contribution is 7.89. The van der Waals surface area contributed by atoms with Crippen LogP contribution in [0.2, 0.25) is 0 Å². The van der Waals surface area contributed by atoms with Crippen molar-refractivity contribution in [1.29, 1.82) is 0 Å². The molecule has 0 spiro atoms. The third kappa shape index (κ3) is 4.04. The predicted molar refractivity (Wildman–Crippen MR) is 92.6 cm³/mol. The fraction of sp³-hybridized carbons (Fsp3) is 0.294. The number of anilines is 1. The second-order valence-corrected chi connectivity index (χ2v) is 7.79. The summed E-state index contributed by atoms with van der Waals surface area (Å²) in [7, 11) is -3.67. The normalized spacial score (nSPS) is 18.7. The molecule has 1 aromatic carbocycles. The van der Waals surface area contributed by atoms with E-state index in [9.17, 15) is 18.3 Å². The van der Waals surface area contributed by atoms with Crippen molar-refractivity contribution in [2.24, 2.45) is 0 Å². The van der Waals surface area contributed by atoms with Crippen molar-refractivity contribution in [3.05, 3.63) is 54.2 Å². The number of aromatic nitrogens is 1.